The van der Waals surface area contributed by atoms with Gasteiger partial charge in [-0.05, 0) is 13.0 Å². The maximum absolute atomic E-state index is 13.7. The quantitative estimate of drug-likeness (QED) is 0.685. The zero-order valence-corrected chi connectivity index (χ0v) is 10.6. The largest absolute Gasteiger partial charge is 0.467 e. The molecule has 0 spiro atoms. The van der Waals surface area contributed by atoms with Gasteiger partial charge in [0.25, 0.3) is 0 Å². The summed E-state index contributed by atoms with van der Waals surface area (Å²) in [6.07, 6.45) is -4.63. The van der Waals surface area contributed by atoms with Crippen molar-refractivity contribution >= 4 is 5.97 Å². The van der Waals surface area contributed by atoms with Crippen molar-refractivity contribution in [2.24, 2.45) is 0 Å². The van der Waals surface area contributed by atoms with Crippen LogP contribution in [0.2, 0.25) is 0 Å². The number of carbonyl (C=O) groups is 1. The number of methoxy groups -OCH3 is 1. The number of benzene rings is 1. The summed E-state index contributed by atoms with van der Waals surface area (Å²) in [4.78, 5) is 11.7. The lowest BCUT2D eigenvalue weighted by molar-refractivity contribution is -0.153. The first kappa shape index (κ1) is 16.4. The molecule has 0 aliphatic rings. The predicted molar refractivity (Wildman–Crippen MR) is 59.8 cm³/mol. The van der Waals surface area contributed by atoms with Gasteiger partial charge in [-0.1, -0.05) is 12.1 Å². The Balaban J connectivity index is 3.24. The fourth-order valence-corrected chi connectivity index (χ4v) is 1.65. The van der Waals surface area contributed by atoms with Crippen molar-refractivity contribution in [3.63, 3.8) is 0 Å². The van der Waals surface area contributed by atoms with Crippen LogP contribution < -0.4 is 5.32 Å². The van der Waals surface area contributed by atoms with Gasteiger partial charge in [0.05, 0.1) is 13.7 Å². The number of hydrogen-bond donors (Lipinski definition) is 1. The molecule has 1 N–H and O–H groups in total. The summed E-state index contributed by atoms with van der Waals surface area (Å²) in [7, 11) is 0.938. The van der Waals surface area contributed by atoms with E-state index in [2.05, 4.69) is 4.74 Å². The van der Waals surface area contributed by atoms with Crippen LogP contribution >= 0.6 is 0 Å². The Morgan fingerprint density at radius 3 is 2.40 bits per heavy atom. The summed E-state index contributed by atoms with van der Waals surface area (Å²) in [6, 6.07) is 2.89. The van der Waals surface area contributed by atoms with Gasteiger partial charge in [0.2, 0.25) is 0 Å². The Hall–Kier alpha value is -1.70. The molecule has 8 heteroatoms. The second kappa shape index (κ2) is 5.74. The number of ether oxygens (including phenoxy) is 1. The highest BCUT2D eigenvalue weighted by atomic mass is 19.4. The van der Waals surface area contributed by atoms with E-state index in [1.54, 1.807) is 0 Å². The molecule has 1 unspecified atom stereocenters. The normalized spacial score (nSPS) is 14.8. The topological polar surface area (TPSA) is 38.3 Å². The first-order valence-corrected chi connectivity index (χ1v) is 5.46. The maximum atomic E-state index is 13.7. The SMILES string of the molecule is COC(=O)C(C)(NCC(F)(F)F)c1cccc(F)c1F. The van der Waals surface area contributed by atoms with Gasteiger partial charge >= 0.3 is 12.1 Å². The molecule has 0 heterocycles. The lowest BCUT2D eigenvalue weighted by Gasteiger charge is -2.29. The summed E-state index contributed by atoms with van der Waals surface area (Å²) < 4.78 is 68.1. The molecule has 1 atom stereocenters. The third-order valence-electron chi connectivity index (χ3n) is 2.73. The second-order valence-corrected chi connectivity index (χ2v) is 4.19. The van der Waals surface area contributed by atoms with E-state index in [0.717, 1.165) is 32.2 Å². The first-order valence-electron chi connectivity index (χ1n) is 5.46. The van der Waals surface area contributed by atoms with E-state index in [1.807, 2.05) is 5.32 Å². The van der Waals surface area contributed by atoms with Gasteiger partial charge in [-0.3, -0.25) is 5.32 Å². The van der Waals surface area contributed by atoms with E-state index in [1.165, 1.54) is 0 Å². The van der Waals surface area contributed by atoms with Gasteiger partial charge < -0.3 is 4.74 Å². The van der Waals surface area contributed by atoms with Crippen LogP contribution in [0.25, 0.3) is 0 Å². The van der Waals surface area contributed by atoms with E-state index in [9.17, 15) is 26.7 Å². The lowest BCUT2D eigenvalue weighted by atomic mass is 9.91. The molecule has 0 fully saturated rings. The van der Waals surface area contributed by atoms with Crippen molar-refractivity contribution in [2.45, 2.75) is 18.6 Å². The van der Waals surface area contributed by atoms with E-state index in [4.69, 9.17) is 0 Å². The molecular formula is C12H12F5NO2. The Kier molecular flexibility index (Phi) is 4.69. The van der Waals surface area contributed by atoms with Crippen molar-refractivity contribution in [1.82, 2.24) is 5.32 Å². The smallest absolute Gasteiger partial charge is 0.401 e. The molecule has 3 nitrogen and oxygen atoms in total. The standard InChI is InChI=1S/C12H12F5NO2/c1-11(10(19)20-2,18-6-12(15,16)17)7-4-3-5-8(13)9(7)14/h3-5,18H,6H2,1-2H3. The third kappa shape index (κ3) is 3.44. The Morgan fingerprint density at radius 1 is 1.30 bits per heavy atom. The molecule has 112 valence electrons. The number of hydrogen-bond acceptors (Lipinski definition) is 3. The Labute approximate surface area is 111 Å². The van der Waals surface area contributed by atoms with Gasteiger partial charge in [-0.15, -0.1) is 0 Å². The molecule has 0 amide bonds. The van der Waals surface area contributed by atoms with Gasteiger partial charge in [-0.25, -0.2) is 13.6 Å². The molecule has 0 aliphatic heterocycles. The number of carbonyl (C=O) groups excluding carboxylic acids is 1. The summed E-state index contributed by atoms with van der Waals surface area (Å²) in [5.74, 6) is -3.84. The van der Waals surface area contributed by atoms with Crippen LogP contribution in [0.4, 0.5) is 22.0 Å². The molecule has 1 aromatic rings. The summed E-state index contributed by atoms with van der Waals surface area (Å²) in [6.45, 7) is -0.572. The molecule has 1 aromatic carbocycles. The zero-order chi connectivity index (χ0) is 15.6. The fraction of sp³-hybridized carbons (Fsp3) is 0.417. The minimum atomic E-state index is -4.63. The van der Waals surface area contributed by atoms with Gasteiger partial charge in [0, 0.05) is 5.56 Å². The van der Waals surface area contributed by atoms with Gasteiger partial charge in [-0.2, -0.15) is 13.2 Å². The van der Waals surface area contributed by atoms with Gasteiger partial charge in [0.15, 0.2) is 11.6 Å². The minimum Gasteiger partial charge on any atom is -0.467 e. The molecule has 0 saturated heterocycles. The predicted octanol–water partition coefficient (Wildman–Crippen LogP) is 2.50. The highest BCUT2D eigenvalue weighted by molar-refractivity contribution is 5.82. The van der Waals surface area contributed by atoms with Crippen molar-refractivity contribution in [1.29, 1.82) is 0 Å². The summed E-state index contributed by atoms with van der Waals surface area (Å²) >= 11 is 0. The van der Waals surface area contributed by atoms with Crippen LogP contribution in [0.5, 0.6) is 0 Å². The number of nitrogens with one attached hydrogen (secondary N) is 1. The van der Waals surface area contributed by atoms with Crippen LogP contribution in [0.15, 0.2) is 18.2 Å². The van der Waals surface area contributed by atoms with Crippen molar-refractivity contribution in [3.05, 3.63) is 35.4 Å². The highest BCUT2D eigenvalue weighted by Gasteiger charge is 2.42. The molecular weight excluding hydrogens is 285 g/mol. The Morgan fingerprint density at radius 2 is 1.90 bits per heavy atom. The lowest BCUT2D eigenvalue weighted by Crippen LogP contribution is -2.51. The Bertz CT molecular complexity index is 503. The van der Waals surface area contributed by atoms with Crippen LogP contribution in [0, 0.1) is 11.6 Å². The van der Waals surface area contributed by atoms with E-state index in [0.29, 0.717) is 0 Å². The van der Waals surface area contributed by atoms with Crippen molar-refractivity contribution in [2.75, 3.05) is 13.7 Å². The van der Waals surface area contributed by atoms with E-state index in [-0.39, 0.29) is 0 Å². The monoisotopic (exact) mass is 297 g/mol. The summed E-state index contributed by atoms with van der Waals surface area (Å²) in [5, 5.41) is 1.86. The van der Waals surface area contributed by atoms with E-state index >= 15 is 0 Å². The van der Waals surface area contributed by atoms with Crippen LogP contribution in [-0.4, -0.2) is 25.8 Å². The van der Waals surface area contributed by atoms with Crippen molar-refractivity contribution in [3.8, 4) is 0 Å². The zero-order valence-electron chi connectivity index (χ0n) is 10.6. The number of rotatable bonds is 4. The minimum absolute atomic E-state index is 0.561. The number of esters is 1. The number of halogens is 5. The molecule has 0 radical (unpaired) electrons. The first-order chi connectivity index (χ1) is 9.12. The third-order valence-corrected chi connectivity index (χ3v) is 2.73. The maximum Gasteiger partial charge on any atom is 0.401 e. The van der Waals surface area contributed by atoms with Crippen LogP contribution in [0.3, 0.4) is 0 Å². The van der Waals surface area contributed by atoms with Crippen LogP contribution in [-0.2, 0) is 15.1 Å². The molecule has 0 aromatic heterocycles. The molecule has 0 saturated carbocycles. The average molecular weight is 297 g/mol. The molecule has 0 aliphatic carbocycles. The van der Waals surface area contributed by atoms with Crippen molar-refractivity contribution < 1.29 is 31.5 Å². The van der Waals surface area contributed by atoms with Crippen LogP contribution in [0.1, 0.15) is 12.5 Å². The summed E-state index contributed by atoms with van der Waals surface area (Å²) in [5.41, 5.74) is -2.72. The second-order valence-electron chi connectivity index (χ2n) is 4.19. The molecule has 0 bridgehead atoms. The van der Waals surface area contributed by atoms with E-state index < -0.39 is 41.4 Å². The molecule has 1 rings (SSSR count). The van der Waals surface area contributed by atoms with Gasteiger partial charge in [0.1, 0.15) is 5.54 Å². The highest BCUT2D eigenvalue weighted by Crippen LogP contribution is 2.28. The number of alkyl halides is 3. The molecule has 20 heavy (non-hydrogen) atoms. The fourth-order valence-electron chi connectivity index (χ4n) is 1.65. The average Bonchev–Trinajstić information content (AvgIpc) is 2.37.